The first-order valence-electron chi connectivity index (χ1n) is 8.98. The number of benzene rings is 1. The third-order valence-corrected chi connectivity index (χ3v) is 4.83. The highest BCUT2D eigenvalue weighted by molar-refractivity contribution is 5.79. The Morgan fingerprint density at radius 1 is 1.16 bits per heavy atom. The lowest BCUT2D eigenvalue weighted by Gasteiger charge is -2.55. The van der Waals surface area contributed by atoms with Crippen LogP contribution in [0.3, 0.4) is 0 Å². The first kappa shape index (κ1) is 19.2. The smallest absolute Gasteiger partial charge is 0.222 e. The van der Waals surface area contributed by atoms with E-state index in [1.807, 2.05) is 50.3 Å². The Labute approximate surface area is 149 Å². The summed E-state index contributed by atoms with van der Waals surface area (Å²) in [5.74, 6) is 0.00687. The predicted molar refractivity (Wildman–Crippen MR) is 99.0 cm³/mol. The van der Waals surface area contributed by atoms with Crippen LogP contribution >= 0.6 is 0 Å². The number of rotatable bonds is 7. The number of nitrogens with zero attached hydrogens (tertiary/aromatic N) is 1. The van der Waals surface area contributed by atoms with Crippen LogP contribution in [0.15, 0.2) is 30.3 Å². The van der Waals surface area contributed by atoms with Gasteiger partial charge in [-0.25, -0.2) is 0 Å². The summed E-state index contributed by atoms with van der Waals surface area (Å²) in [4.78, 5) is 25.7. The van der Waals surface area contributed by atoms with E-state index in [0.717, 1.165) is 11.1 Å². The van der Waals surface area contributed by atoms with Crippen molar-refractivity contribution in [1.82, 2.24) is 10.2 Å². The normalized spacial score (nSPS) is 22.7. The van der Waals surface area contributed by atoms with Gasteiger partial charge >= 0.3 is 0 Å². The fraction of sp³-hybridized carbons (Fsp3) is 0.500. The molecule has 0 radical (unpaired) electrons. The number of aliphatic hydroxyl groups is 1. The summed E-state index contributed by atoms with van der Waals surface area (Å²) in [6.07, 6.45) is 4.82. The number of likely N-dealkylation sites (tertiary alicyclic amines) is 1. The van der Waals surface area contributed by atoms with Crippen LogP contribution in [-0.4, -0.2) is 47.1 Å². The minimum atomic E-state index is -0.233. The molecule has 1 saturated heterocycles. The van der Waals surface area contributed by atoms with Crippen LogP contribution in [-0.2, 0) is 9.59 Å². The van der Waals surface area contributed by atoms with Gasteiger partial charge in [0.15, 0.2) is 0 Å². The van der Waals surface area contributed by atoms with Gasteiger partial charge in [-0.15, -0.1) is 0 Å². The Balaban J connectivity index is 2.24. The topological polar surface area (TPSA) is 69.6 Å². The Bertz CT molecular complexity index is 624. The molecule has 0 aliphatic carbocycles. The first-order valence-corrected chi connectivity index (χ1v) is 8.98. The van der Waals surface area contributed by atoms with Gasteiger partial charge in [-0.3, -0.25) is 9.59 Å². The third-order valence-electron chi connectivity index (χ3n) is 4.83. The standard InChI is InChI=1S/C20H28N2O3/c1-4-7-14-8-10-15(11-9-14)20-16(12-21-18(24)5-2)22(17(20)13-23)19(25)6-3/h4,7-11,16-17,20,23H,5-6,12-13H2,1-3H3,(H,21,24)/b7-4+/t16-,17+,20-/m0/s1. The van der Waals surface area contributed by atoms with Gasteiger partial charge in [-0.1, -0.05) is 50.3 Å². The maximum atomic E-state index is 12.3. The van der Waals surface area contributed by atoms with Gasteiger partial charge in [0.2, 0.25) is 11.8 Å². The van der Waals surface area contributed by atoms with Gasteiger partial charge in [0.05, 0.1) is 18.7 Å². The minimum absolute atomic E-state index is 0.0107. The molecule has 1 fully saturated rings. The van der Waals surface area contributed by atoms with Crippen molar-refractivity contribution in [1.29, 1.82) is 0 Å². The van der Waals surface area contributed by atoms with Crippen molar-refractivity contribution >= 4 is 17.9 Å². The molecular weight excluding hydrogens is 316 g/mol. The largest absolute Gasteiger partial charge is 0.394 e. The summed E-state index contributed by atoms with van der Waals surface area (Å²) < 4.78 is 0. The lowest BCUT2D eigenvalue weighted by atomic mass is 9.74. The number of carbonyl (C=O) groups excluding carboxylic acids is 2. The summed E-state index contributed by atoms with van der Waals surface area (Å²) in [6.45, 7) is 5.93. The fourth-order valence-electron chi connectivity index (χ4n) is 3.54. The van der Waals surface area contributed by atoms with E-state index < -0.39 is 0 Å². The highest BCUT2D eigenvalue weighted by Crippen LogP contribution is 2.40. The van der Waals surface area contributed by atoms with E-state index in [0.29, 0.717) is 19.4 Å². The van der Waals surface area contributed by atoms with Crippen LogP contribution in [0.1, 0.15) is 50.7 Å². The number of amides is 2. The van der Waals surface area contributed by atoms with Crippen molar-refractivity contribution in [3.05, 3.63) is 41.5 Å². The zero-order valence-electron chi connectivity index (χ0n) is 15.2. The number of carbonyl (C=O) groups is 2. The van der Waals surface area contributed by atoms with Crippen molar-refractivity contribution in [2.75, 3.05) is 13.2 Å². The molecule has 1 aliphatic heterocycles. The Morgan fingerprint density at radius 2 is 1.84 bits per heavy atom. The molecule has 25 heavy (non-hydrogen) atoms. The molecule has 1 aromatic carbocycles. The zero-order chi connectivity index (χ0) is 18.4. The summed E-state index contributed by atoms with van der Waals surface area (Å²) >= 11 is 0. The predicted octanol–water partition coefficient (Wildman–Crippen LogP) is 2.31. The van der Waals surface area contributed by atoms with Gasteiger partial charge in [-0.05, 0) is 18.1 Å². The monoisotopic (exact) mass is 344 g/mol. The average Bonchev–Trinajstić information content (AvgIpc) is 2.62. The molecule has 0 spiro atoms. The quantitative estimate of drug-likeness (QED) is 0.797. The molecule has 5 heteroatoms. The molecule has 5 nitrogen and oxygen atoms in total. The zero-order valence-corrected chi connectivity index (χ0v) is 15.2. The number of nitrogens with one attached hydrogen (secondary N) is 1. The molecule has 3 atom stereocenters. The van der Waals surface area contributed by atoms with Gasteiger partial charge in [0.1, 0.15) is 0 Å². The van der Waals surface area contributed by atoms with E-state index in [4.69, 9.17) is 0 Å². The highest BCUT2D eigenvalue weighted by atomic mass is 16.3. The summed E-state index contributed by atoms with van der Waals surface area (Å²) in [5, 5.41) is 12.7. The molecule has 0 bridgehead atoms. The van der Waals surface area contributed by atoms with E-state index in [1.165, 1.54) is 0 Å². The van der Waals surface area contributed by atoms with E-state index in [9.17, 15) is 14.7 Å². The SMILES string of the molecule is C/C=C/c1ccc([C@@H]2[C@@H](CO)N(C(=O)CC)[C@H]2CNC(=O)CC)cc1. The lowest BCUT2D eigenvalue weighted by molar-refractivity contribution is -0.150. The maximum Gasteiger partial charge on any atom is 0.222 e. The molecule has 1 aromatic rings. The number of allylic oxidation sites excluding steroid dienone is 1. The molecular formula is C20H28N2O3. The highest BCUT2D eigenvalue weighted by Gasteiger charge is 2.50. The van der Waals surface area contributed by atoms with Gasteiger partial charge < -0.3 is 15.3 Å². The molecule has 1 aliphatic rings. The Hall–Kier alpha value is -2.14. The second-order valence-electron chi connectivity index (χ2n) is 6.32. The fourth-order valence-corrected chi connectivity index (χ4v) is 3.54. The van der Waals surface area contributed by atoms with Crippen LogP contribution in [0.25, 0.3) is 6.08 Å². The summed E-state index contributed by atoms with van der Waals surface area (Å²) in [7, 11) is 0. The Kier molecular flexibility index (Phi) is 6.76. The van der Waals surface area contributed by atoms with Crippen molar-refractivity contribution < 1.29 is 14.7 Å². The lowest BCUT2D eigenvalue weighted by Crippen LogP contribution is -2.68. The van der Waals surface area contributed by atoms with Crippen molar-refractivity contribution in [3.8, 4) is 0 Å². The van der Waals surface area contributed by atoms with E-state index in [-0.39, 0.29) is 36.4 Å². The summed E-state index contributed by atoms with van der Waals surface area (Å²) in [5.41, 5.74) is 2.20. The molecule has 0 aromatic heterocycles. The van der Waals surface area contributed by atoms with Crippen LogP contribution in [0.4, 0.5) is 0 Å². The molecule has 0 unspecified atom stereocenters. The third kappa shape index (κ3) is 4.10. The van der Waals surface area contributed by atoms with Gasteiger partial charge in [0, 0.05) is 25.3 Å². The van der Waals surface area contributed by atoms with Gasteiger partial charge in [-0.2, -0.15) is 0 Å². The number of hydrogen-bond donors (Lipinski definition) is 2. The van der Waals surface area contributed by atoms with Crippen LogP contribution in [0.2, 0.25) is 0 Å². The van der Waals surface area contributed by atoms with E-state index >= 15 is 0 Å². The van der Waals surface area contributed by atoms with Crippen molar-refractivity contribution in [3.63, 3.8) is 0 Å². The molecule has 136 valence electrons. The molecule has 0 saturated carbocycles. The van der Waals surface area contributed by atoms with E-state index in [2.05, 4.69) is 5.32 Å². The van der Waals surface area contributed by atoms with Crippen LogP contribution < -0.4 is 5.32 Å². The maximum absolute atomic E-state index is 12.3. The molecule has 1 heterocycles. The number of aliphatic hydroxyl groups excluding tert-OH is 1. The summed E-state index contributed by atoms with van der Waals surface area (Å²) in [6, 6.07) is 7.82. The van der Waals surface area contributed by atoms with Crippen LogP contribution in [0.5, 0.6) is 0 Å². The van der Waals surface area contributed by atoms with Crippen molar-refractivity contribution in [2.24, 2.45) is 0 Å². The molecule has 2 amide bonds. The second kappa shape index (κ2) is 8.81. The Morgan fingerprint density at radius 3 is 2.36 bits per heavy atom. The minimum Gasteiger partial charge on any atom is -0.394 e. The second-order valence-corrected chi connectivity index (χ2v) is 6.32. The van der Waals surface area contributed by atoms with E-state index in [1.54, 1.807) is 11.8 Å². The van der Waals surface area contributed by atoms with Gasteiger partial charge in [0.25, 0.3) is 0 Å². The van der Waals surface area contributed by atoms with Crippen LogP contribution in [0, 0.1) is 0 Å². The average molecular weight is 344 g/mol. The number of hydrogen-bond acceptors (Lipinski definition) is 3. The van der Waals surface area contributed by atoms with Crippen molar-refractivity contribution in [2.45, 2.75) is 51.6 Å². The molecule has 2 N–H and O–H groups in total. The molecule has 2 rings (SSSR count). The first-order chi connectivity index (χ1) is 12.1.